The number of thiophene rings is 1. The maximum Gasteiger partial charge on any atom is 0.277 e. The van der Waals surface area contributed by atoms with Gasteiger partial charge in [-0.25, -0.2) is 0 Å². The van der Waals surface area contributed by atoms with E-state index in [0.717, 1.165) is 41.9 Å². The van der Waals surface area contributed by atoms with Crippen molar-refractivity contribution in [3.05, 3.63) is 64.1 Å². The number of carbonyl (C=O) groups is 2. The van der Waals surface area contributed by atoms with Crippen LogP contribution in [0.15, 0.2) is 53.7 Å². The Kier molecular flexibility index (Phi) is 4.51. The first-order valence-electron chi connectivity index (χ1n) is 10.1. The van der Waals surface area contributed by atoms with Gasteiger partial charge in [0.25, 0.3) is 11.8 Å². The highest BCUT2D eigenvalue weighted by molar-refractivity contribution is 7.11. The number of hydrogen-bond acceptors (Lipinski definition) is 4. The van der Waals surface area contributed by atoms with E-state index in [1.165, 1.54) is 21.6 Å². The van der Waals surface area contributed by atoms with Crippen LogP contribution in [0.2, 0.25) is 0 Å². The summed E-state index contributed by atoms with van der Waals surface area (Å²) in [5.74, 6) is -0.292. The van der Waals surface area contributed by atoms with Crippen LogP contribution < -0.4 is 0 Å². The minimum atomic E-state index is -0.153. The highest BCUT2D eigenvalue weighted by Gasteiger charge is 2.42. The molecule has 1 aromatic carbocycles. The fourth-order valence-electron chi connectivity index (χ4n) is 4.50. The van der Waals surface area contributed by atoms with Crippen molar-refractivity contribution in [2.45, 2.75) is 19.3 Å². The third-order valence-corrected chi connectivity index (χ3v) is 6.80. The molecule has 0 aliphatic carbocycles. The summed E-state index contributed by atoms with van der Waals surface area (Å²) in [6, 6.07) is 12.1. The van der Waals surface area contributed by atoms with E-state index < -0.39 is 0 Å². The Labute approximate surface area is 173 Å². The number of nitrogens with zero attached hydrogens (tertiary/aromatic N) is 3. The zero-order valence-corrected chi connectivity index (χ0v) is 17.2. The summed E-state index contributed by atoms with van der Waals surface area (Å²) in [5.41, 5.74) is 3.52. The van der Waals surface area contributed by atoms with Crippen LogP contribution >= 0.6 is 11.3 Å². The standard InChI is InChI=1S/C23H23N3O2S/c1-24-15-16(17-7-2-3-8-18(17)24)10-13-26-22(27)20(19-9-6-14-29-19)21(23(26)28)25-11-4-5-12-25/h2-3,6-9,14-15H,4-5,10-13H2,1H3. The van der Waals surface area contributed by atoms with Gasteiger partial charge in [-0.15, -0.1) is 11.3 Å². The Morgan fingerprint density at radius 1 is 1.00 bits per heavy atom. The second-order valence-corrected chi connectivity index (χ2v) is 8.64. The molecule has 148 valence electrons. The van der Waals surface area contributed by atoms with Gasteiger partial charge in [-0.3, -0.25) is 14.5 Å². The number of para-hydroxylation sites is 1. The van der Waals surface area contributed by atoms with Gasteiger partial charge in [0.2, 0.25) is 0 Å². The van der Waals surface area contributed by atoms with Gasteiger partial charge in [0.1, 0.15) is 5.70 Å². The summed E-state index contributed by atoms with van der Waals surface area (Å²) in [6.07, 6.45) is 4.89. The van der Waals surface area contributed by atoms with Crippen LogP contribution in [-0.4, -0.2) is 45.8 Å². The van der Waals surface area contributed by atoms with Crippen LogP contribution in [0.4, 0.5) is 0 Å². The molecule has 1 saturated heterocycles. The molecule has 2 aliphatic rings. The van der Waals surface area contributed by atoms with Crippen LogP contribution in [0, 0.1) is 0 Å². The van der Waals surface area contributed by atoms with E-state index in [2.05, 4.69) is 27.8 Å². The molecular weight excluding hydrogens is 382 g/mol. The molecule has 2 amide bonds. The average Bonchev–Trinajstić information content (AvgIpc) is 3.50. The van der Waals surface area contributed by atoms with Crippen molar-refractivity contribution in [1.29, 1.82) is 0 Å². The fraction of sp³-hybridized carbons (Fsp3) is 0.304. The number of likely N-dealkylation sites (tertiary alicyclic amines) is 1. The maximum absolute atomic E-state index is 13.3. The Balaban J connectivity index is 1.44. The van der Waals surface area contributed by atoms with Crippen molar-refractivity contribution in [3.8, 4) is 0 Å². The second-order valence-electron chi connectivity index (χ2n) is 7.69. The molecule has 2 aliphatic heterocycles. The van der Waals surface area contributed by atoms with Crippen LogP contribution in [0.1, 0.15) is 23.3 Å². The molecule has 4 heterocycles. The topological polar surface area (TPSA) is 45.6 Å². The van der Waals surface area contributed by atoms with Gasteiger partial charge in [0.15, 0.2) is 0 Å². The lowest BCUT2D eigenvalue weighted by atomic mass is 10.1. The van der Waals surface area contributed by atoms with Gasteiger partial charge in [-0.05, 0) is 42.3 Å². The van der Waals surface area contributed by atoms with E-state index >= 15 is 0 Å². The van der Waals surface area contributed by atoms with Gasteiger partial charge in [-0.1, -0.05) is 24.3 Å². The number of aromatic nitrogens is 1. The maximum atomic E-state index is 13.3. The normalized spacial score (nSPS) is 17.4. The van der Waals surface area contributed by atoms with Gasteiger partial charge in [0, 0.05) is 48.7 Å². The van der Waals surface area contributed by atoms with E-state index in [4.69, 9.17) is 0 Å². The van der Waals surface area contributed by atoms with Crippen LogP contribution in [0.3, 0.4) is 0 Å². The van der Waals surface area contributed by atoms with E-state index in [1.807, 2.05) is 36.7 Å². The van der Waals surface area contributed by atoms with Crippen LogP contribution in [0.25, 0.3) is 16.5 Å². The quantitative estimate of drug-likeness (QED) is 0.609. The summed E-state index contributed by atoms with van der Waals surface area (Å²) < 4.78 is 2.10. The molecule has 0 bridgehead atoms. The molecule has 5 rings (SSSR count). The largest absolute Gasteiger partial charge is 0.366 e. The minimum Gasteiger partial charge on any atom is -0.366 e. The smallest absolute Gasteiger partial charge is 0.277 e. The van der Waals surface area contributed by atoms with Crippen molar-refractivity contribution in [1.82, 2.24) is 14.4 Å². The van der Waals surface area contributed by atoms with E-state index in [0.29, 0.717) is 24.2 Å². The fourth-order valence-corrected chi connectivity index (χ4v) is 5.26. The predicted octanol–water partition coefficient (Wildman–Crippen LogP) is 3.66. The number of imide groups is 1. The molecule has 29 heavy (non-hydrogen) atoms. The number of amides is 2. The number of aryl methyl sites for hydroxylation is 1. The SMILES string of the molecule is Cn1cc(CCN2C(=O)C(c3cccs3)=C(N3CCCC3)C2=O)c2ccccc21. The lowest BCUT2D eigenvalue weighted by Gasteiger charge is -2.20. The zero-order chi connectivity index (χ0) is 20.0. The van der Waals surface area contributed by atoms with E-state index in [-0.39, 0.29) is 11.8 Å². The van der Waals surface area contributed by atoms with Crippen LogP contribution in [0.5, 0.6) is 0 Å². The third kappa shape index (κ3) is 2.99. The average molecular weight is 406 g/mol. The van der Waals surface area contributed by atoms with Crippen molar-refractivity contribution in [2.75, 3.05) is 19.6 Å². The summed E-state index contributed by atoms with van der Waals surface area (Å²) >= 11 is 1.52. The van der Waals surface area contributed by atoms with Gasteiger partial charge >= 0.3 is 0 Å². The Hall–Kier alpha value is -2.86. The molecule has 5 nitrogen and oxygen atoms in total. The lowest BCUT2D eigenvalue weighted by Crippen LogP contribution is -2.36. The van der Waals surface area contributed by atoms with Crippen molar-refractivity contribution in [3.63, 3.8) is 0 Å². The number of carbonyl (C=O) groups excluding carboxylic acids is 2. The van der Waals surface area contributed by atoms with Gasteiger partial charge in [-0.2, -0.15) is 0 Å². The summed E-state index contributed by atoms with van der Waals surface area (Å²) in [5, 5.41) is 3.14. The Morgan fingerprint density at radius 2 is 1.79 bits per heavy atom. The second kappa shape index (κ2) is 7.19. The zero-order valence-electron chi connectivity index (χ0n) is 16.4. The molecule has 3 aromatic rings. The first kappa shape index (κ1) is 18.2. The molecular formula is C23H23N3O2S. The minimum absolute atomic E-state index is 0.138. The molecule has 2 aromatic heterocycles. The third-order valence-electron chi connectivity index (χ3n) is 5.92. The molecule has 0 atom stereocenters. The summed E-state index contributed by atoms with van der Waals surface area (Å²) in [7, 11) is 2.03. The van der Waals surface area contributed by atoms with Gasteiger partial charge in [0.05, 0.1) is 5.57 Å². The number of rotatable bonds is 5. The molecule has 0 N–H and O–H groups in total. The molecule has 0 saturated carbocycles. The summed E-state index contributed by atoms with van der Waals surface area (Å²) in [4.78, 5) is 31.0. The molecule has 0 unspecified atom stereocenters. The molecule has 0 radical (unpaired) electrons. The first-order valence-corrected chi connectivity index (χ1v) is 11.0. The van der Waals surface area contributed by atoms with Crippen LogP contribution in [-0.2, 0) is 23.1 Å². The number of fused-ring (bicyclic) bond motifs is 1. The lowest BCUT2D eigenvalue weighted by molar-refractivity contribution is -0.137. The number of hydrogen-bond donors (Lipinski definition) is 0. The van der Waals surface area contributed by atoms with Crippen molar-refractivity contribution >= 4 is 39.6 Å². The van der Waals surface area contributed by atoms with Crippen molar-refractivity contribution < 1.29 is 9.59 Å². The van der Waals surface area contributed by atoms with E-state index in [1.54, 1.807) is 0 Å². The van der Waals surface area contributed by atoms with Gasteiger partial charge < -0.3 is 9.47 Å². The van der Waals surface area contributed by atoms with E-state index in [9.17, 15) is 9.59 Å². The molecule has 1 fully saturated rings. The first-order chi connectivity index (χ1) is 14.1. The highest BCUT2D eigenvalue weighted by Crippen LogP contribution is 2.35. The van der Waals surface area contributed by atoms with Crippen molar-refractivity contribution in [2.24, 2.45) is 7.05 Å². The monoisotopic (exact) mass is 405 g/mol. The summed E-state index contributed by atoms with van der Waals surface area (Å²) in [6.45, 7) is 2.10. The number of benzene rings is 1. The molecule has 6 heteroatoms. The Bertz CT molecular complexity index is 1120. The predicted molar refractivity (Wildman–Crippen MR) is 115 cm³/mol. The molecule has 0 spiro atoms. The Morgan fingerprint density at radius 3 is 2.55 bits per heavy atom. The highest BCUT2D eigenvalue weighted by atomic mass is 32.1.